The van der Waals surface area contributed by atoms with Gasteiger partial charge >= 0.3 is 5.78 Å². The summed E-state index contributed by atoms with van der Waals surface area (Å²) in [5.41, 5.74) is 1.50. The molecule has 0 saturated carbocycles. The van der Waals surface area contributed by atoms with Crippen molar-refractivity contribution in [3.63, 3.8) is 0 Å². The van der Waals surface area contributed by atoms with E-state index in [0.717, 1.165) is 16.5 Å². The number of nitrogens with one attached hydrogen (secondary N) is 1. The standard InChI is InChI=1S/C15H11FN6OS/c1-8-7-12(22-14(17-8)18-9(2)21-22)24-15-20-19-13(23-15)10-3-5-11(16)6-4-10/h3-7H,1-2H3/p+1. The zero-order valence-corrected chi connectivity index (χ0v) is 13.6. The number of halogens is 1. The molecule has 0 atom stereocenters. The maximum Gasteiger partial charge on any atom is 0.458 e. The van der Waals surface area contributed by atoms with Crippen molar-refractivity contribution in [3.8, 4) is 11.5 Å². The molecule has 3 heterocycles. The number of rotatable bonds is 3. The summed E-state index contributed by atoms with van der Waals surface area (Å²) in [6, 6.07) is 7.80. The van der Waals surface area contributed by atoms with Crippen LogP contribution < -0.4 is 4.52 Å². The SMILES string of the molecule is Cc1cc(Sc2nnc(-c3ccc(F)cc3)o2)[n+]2[nH]c(C)nc2n1. The molecule has 0 aliphatic rings. The summed E-state index contributed by atoms with van der Waals surface area (Å²) in [6.45, 7) is 3.75. The summed E-state index contributed by atoms with van der Waals surface area (Å²) in [7, 11) is 0. The quantitative estimate of drug-likeness (QED) is 0.454. The predicted molar refractivity (Wildman–Crippen MR) is 82.8 cm³/mol. The van der Waals surface area contributed by atoms with Crippen molar-refractivity contribution in [1.82, 2.24) is 25.3 Å². The van der Waals surface area contributed by atoms with Gasteiger partial charge in [0.1, 0.15) is 11.5 Å². The van der Waals surface area contributed by atoms with Crippen LogP contribution >= 0.6 is 11.8 Å². The van der Waals surface area contributed by atoms with E-state index in [1.54, 1.807) is 16.6 Å². The van der Waals surface area contributed by atoms with Crippen LogP contribution in [0.3, 0.4) is 0 Å². The molecule has 0 aliphatic heterocycles. The van der Waals surface area contributed by atoms with Gasteiger partial charge in [0, 0.05) is 30.3 Å². The number of aromatic amines is 1. The second-order valence-electron chi connectivity index (χ2n) is 5.16. The van der Waals surface area contributed by atoms with Gasteiger partial charge in [0.25, 0.3) is 5.22 Å². The molecule has 0 saturated heterocycles. The molecule has 1 N–H and O–H groups in total. The van der Waals surface area contributed by atoms with Gasteiger partial charge in [-0.2, -0.15) is 0 Å². The highest BCUT2D eigenvalue weighted by atomic mass is 32.2. The molecule has 3 aromatic heterocycles. The number of hydrogen-bond acceptors (Lipinski definition) is 6. The van der Waals surface area contributed by atoms with Gasteiger partial charge in [-0.05, 0) is 31.2 Å². The van der Waals surface area contributed by atoms with Crippen LogP contribution in [0, 0.1) is 19.7 Å². The third kappa shape index (κ3) is 2.73. The summed E-state index contributed by atoms with van der Waals surface area (Å²) in [5.74, 6) is 1.36. The van der Waals surface area contributed by atoms with E-state index in [4.69, 9.17) is 4.42 Å². The van der Waals surface area contributed by atoms with Crippen molar-refractivity contribution >= 4 is 17.5 Å². The fraction of sp³-hybridized carbons (Fsp3) is 0.133. The molecular weight excluding hydrogens is 331 g/mol. The minimum Gasteiger partial charge on any atom is -0.411 e. The zero-order chi connectivity index (χ0) is 16.7. The van der Waals surface area contributed by atoms with E-state index >= 15 is 0 Å². The molecule has 9 heteroatoms. The van der Waals surface area contributed by atoms with E-state index in [1.165, 1.54) is 23.9 Å². The van der Waals surface area contributed by atoms with E-state index in [0.29, 0.717) is 22.5 Å². The lowest BCUT2D eigenvalue weighted by molar-refractivity contribution is -0.620. The van der Waals surface area contributed by atoms with Crippen molar-refractivity contribution < 1.29 is 13.3 Å². The molecule has 120 valence electrons. The van der Waals surface area contributed by atoms with Crippen molar-refractivity contribution in [3.05, 3.63) is 47.7 Å². The molecule has 0 radical (unpaired) electrons. The first-order valence-electron chi connectivity index (χ1n) is 7.12. The van der Waals surface area contributed by atoms with Crippen LogP contribution in [0.25, 0.3) is 17.2 Å². The number of benzene rings is 1. The number of fused-ring (bicyclic) bond motifs is 1. The second-order valence-corrected chi connectivity index (χ2v) is 6.13. The predicted octanol–water partition coefficient (Wildman–Crippen LogP) is 2.50. The number of aryl methyl sites for hydroxylation is 2. The normalized spacial score (nSPS) is 11.3. The fourth-order valence-electron chi connectivity index (χ4n) is 2.22. The third-order valence-electron chi connectivity index (χ3n) is 3.26. The number of aromatic nitrogens is 6. The number of H-pyrrole nitrogens is 1. The number of hydrogen-bond donors (Lipinski definition) is 1. The highest BCUT2D eigenvalue weighted by Crippen LogP contribution is 2.27. The van der Waals surface area contributed by atoms with Crippen LogP contribution in [0.4, 0.5) is 4.39 Å². The Kier molecular flexibility index (Phi) is 3.49. The first-order chi connectivity index (χ1) is 11.6. The van der Waals surface area contributed by atoms with Gasteiger partial charge in [-0.25, -0.2) is 9.49 Å². The minimum absolute atomic E-state index is 0.312. The van der Waals surface area contributed by atoms with Crippen molar-refractivity contribution in [2.45, 2.75) is 24.1 Å². The van der Waals surface area contributed by atoms with Crippen LogP contribution in [-0.4, -0.2) is 25.3 Å². The number of nitrogens with zero attached hydrogens (tertiary/aromatic N) is 5. The Balaban J connectivity index is 1.68. The summed E-state index contributed by atoms with van der Waals surface area (Å²) < 4.78 is 20.4. The largest absolute Gasteiger partial charge is 0.458 e. The van der Waals surface area contributed by atoms with E-state index in [2.05, 4.69) is 25.3 Å². The molecular formula is C15H12FN6OS+. The van der Waals surface area contributed by atoms with Gasteiger partial charge in [-0.3, -0.25) is 0 Å². The van der Waals surface area contributed by atoms with E-state index in [-0.39, 0.29) is 5.82 Å². The van der Waals surface area contributed by atoms with Gasteiger partial charge in [0.05, 0.1) is 0 Å². The Morgan fingerprint density at radius 2 is 1.92 bits per heavy atom. The molecule has 4 aromatic rings. The molecule has 4 rings (SSSR count). The minimum atomic E-state index is -0.312. The van der Waals surface area contributed by atoms with Gasteiger partial charge < -0.3 is 4.42 Å². The van der Waals surface area contributed by atoms with Crippen LogP contribution in [0.5, 0.6) is 0 Å². The summed E-state index contributed by atoms with van der Waals surface area (Å²) >= 11 is 1.30. The van der Waals surface area contributed by atoms with E-state index in [1.807, 2.05) is 19.9 Å². The Morgan fingerprint density at radius 3 is 2.71 bits per heavy atom. The second kappa shape index (κ2) is 5.68. The fourth-order valence-corrected chi connectivity index (χ4v) is 3.05. The van der Waals surface area contributed by atoms with Crippen LogP contribution in [0.15, 0.2) is 45.0 Å². The maximum absolute atomic E-state index is 13.0. The zero-order valence-electron chi connectivity index (χ0n) is 12.8. The smallest absolute Gasteiger partial charge is 0.411 e. The van der Waals surface area contributed by atoms with Gasteiger partial charge in [-0.15, -0.1) is 14.7 Å². The molecule has 0 aliphatic carbocycles. The monoisotopic (exact) mass is 343 g/mol. The molecule has 0 fully saturated rings. The summed E-state index contributed by atoms with van der Waals surface area (Å²) in [5, 5.41) is 12.4. The lowest BCUT2D eigenvalue weighted by atomic mass is 10.2. The molecule has 0 spiro atoms. The summed E-state index contributed by atoms with van der Waals surface area (Å²) in [4.78, 5) is 8.68. The lowest BCUT2D eigenvalue weighted by Crippen LogP contribution is -2.27. The maximum atomic E-state index is 13.0. The van der Waals surface area contributed by atoms with Gasteiger partial charge in [-0.1, -0.05) is 9.97 Å². The highest BCUT2D eigenvalue weighted by Gasteiger charge is 2.19. The molecule has 1 aromatic carbocycles. The van der Waals surface area contributed by atoms with Gasteiger partial charge in [0.2, 0.25) is 11.7 Å². The van der Waals surface area contributed by atoms with Crippen molar-refractivity contribution in [1.29, 1.82) is 0 Å². The van der Waals surface area contributed by atoms with Crippen LogP contribution in [-0.2, 0) is 0 Å². The highest BCUT2D eigenvalue weighted by molar-refractivity contribution is 7.98. The Morgan fingerprint density at radius 1 is 1.12 bits per heavy atom. The lowest BCUT2D eigenvalue weighted by Gasteiger charge is -1.96. The van der Waals surface area contributed by atoms with Crippen LogP contribution in [0.1, 0.15) is 11.5 Å². The first kappa shape index (κ1) is 14.8. The molecule has 7 nitrogen and oxygen atoms in total. The molecule has 24 heavy (non-hydrogen) atoms. The molecule has 0 unspecified atom stereocenters. The Labute approximate surface area is 140 Å². The average molecular weight is 343 g/mol. The molecule has 0 amide bonds. The molecule has 0 bridgehead atoms. The topological polar surface area (TPSA) is 84.6 Å². The van der Waals surface area contributed by atoms with E-state index in [9.17, 15) is 4.39 Å². The Bertz CT molecular complexity index is 1030. The average Bonchev–Trinajstić information content (AvgIpc) is 3.14. The van der Waals surface area contributed by atoms with Crippen molar-refractivity contribution in [2.24, 2.45) is 0 Å². The third-order valence-corrected chi connectivity index (χ3v) is 4.11. The van der Waals surface area contributed by atoms with Crippen LogP contribution in [0.2, 0.25) is 0 Å². The first-order valence-corrected chi connectivity index (χ1v) is 7.93. The summed E-state index contributed by atoms with van der Waals surface area (Å²) in [6.07, 6.45) is 0. The van der Waals surface area contributed by atoms with E-state index < -0.39 is 0 Å². The van der Waals surface area contributed by atoms with Gasteiger partial charge in [0.15, 0.2) is 5.03 Å². The van der Waals surface area contributed by atoms with Crippen molar-refractivity contribution in [2.75, 3.05) is 0 Å². The Hall–Kier alpha value is -2.81.